The van der Waals surface area contributed by atoms with Gasteiger partial charge in [0, 0.05) is 13.0 Å². The first-order valence-corrected chi connectivity index (χ1v) is 8.36. The van der Waals surface area contributed by atoms with Gasteiger partial charge in [0.15, 0.2) is 0 Å². The molecule has 1 saturated heterocycles. The zero-order valence-corrected chi connectivity index (χ0v) is 14.0. The Hall–Kier alpha value is -2.83. The SMILES string of the molecule is C#CC[C@H]1C(=O)O[C@H](c2ccccc2)[C@H](c2ccccc2)N1CC=C. The number of carbonyl (C=O) groups is 1. The molecule has 0 bridgehead atoms. The molecule has 126 valence electrons. The van der Waals surface area contributed by atoms with Crippen LogP contribution < -0.4 is 0 Å². The number of morpholine rings is 1. The molecule has 1 fully saturated rings. The van der Waals surface area contributed by atoms with Crippen LogP contribution in [-0.2, 0) is 9.53 Å². The number of ether oxygens (including phenoxy) is 1. The lowest BCUT2D eigenvalue weighted by molar-refractivity contribution is -0.174. The number of cyclic esters (lactones) is 1. The Bertz CT molecular complexity index is 764. The van der Waals surface area contributed by atoms with Crippen LogP contribution in [0.4, 0.5) is 0 Å². The first-order chi connectivity index (χ1) is 12.3. The first-order valence-electron chi connectivity index (χ1n) is 8.36. The summed E-state index contributed by atoms with van der Waals surface area (Å²) in [5, 5.41) is 0. The highest BCUT2D eigenvalue weighted by Crippen LogP contribution is 2.42. The number of carbonyl (C=O) groups excluding carboxylic acids is 1. The van der Waals surface area contributed by atoms with Crippen molar-refractivity contribution in [1.82, 2.24) is 4.90 Å². The van der Waals surface area contributed by atoms with Gasteiger partial charge >= 0.3 is 5.97 Å². The molecular weight excluding hydrogens is 310 g/mol. The third kappa shape index (κ3) is 3.50. The monoisotopic (exact) mass is 331 g/mol. The second kappa shape index (κ2) is 7.83. The standard InChI is InChI=1S/C22H21NO2/c1-3-11-19-22(24)25-21(18-14-9-6-10-15-18)20(23(19)16-4-2)17-12-7-5-8-13-17/h1,4-10,12-15,19-21H,2,11,16H2/t19-,20-,21+/m0/s1. The number of nitrogens with zero attached hydrogens (tertiary/aromatic N) is 1. The number of rotatable bonds is 5. The van der Waals surface area contributed by atoms with Crippen LogP contribution >= 0.6 is 0 Å². The summed E-state index contributed by atoms with van der Waals surface area (Å²) in [5.74, 6) is 2.33. The second-order valence-corrected chi connectivity index (χ2v) is 6.03. The lowest BCUT2D eigenvalue weighted by atomic mass is 9.90. The molecule has 0 aromatic heterocycles. The summed E-state index contributed by atoms with van der Waals surface area (Å²) < 4.78 is 5.87. The maximum atomic E-state index is 12.6. The zero-order valence-electron chi connectivity index (χ0n) is 14.0. The average Bonchev–Trinajstić information content (AvgIpc) is 2.66. The number of hydrogen-bond acceptors (Lipinski definition) is 3. The molecule has 2 aromatic carbocycles. The van der Waals surface area contributed by atoms with Crippen LogP contribution in [0.1, 0.15) is 29.7 Å². The molecular formula is C22H21NO2. The molecule has 3 rings (SSSR count). The number of benzene rings is 2. The third-order valence-corrected chi connectivity index (χ3v) is 4.48. The van der Waals surface area contributed by atoms with Crippen molar-refractivity contribution in [3.8, 4) is 12.3 Å². The summed E-state index contributed by atoms with van der Waals surface area (Å²) in [5.41, 5.74) is 2.06. The van der Waals surface area contributed by atoms with Crippen molar-refractivity contribution < 1.29 is 9.53 Å². The van der Waals surface area contributed by atoms with Gasteiger partial charge in [-0.15, -0.1) is 18.9 Å². The van der Waals surface area contributed by atoms with Crippen LogP contribution in [0, 0.1) is 12.3 Å². The summed E-state index contributed by atoms with van der Waals surface area (Å²) >= 11 is 0. The highest BCUT2D eigenvalue weighted by atomic mass is 16.6. The highest BCUT2D eigenvalue weighted by molar-refractivity contribution is 5.77. The van der Waals surface area contributed by atoms with E-state index in [-0.39, 0.29) is 18.1 Å². The molecule has 0 N–H and O–H groups in total. The minimum Gasteiger partial charge on any atom is -0.454 e. The lowest BCUT2D eigenvalue weighted by Gasteiger charge is -2.44. The van der Waals surface area contributed by atoms with Crippen LogP contribution in [0.5, 0.6) is 0 Å². The normalized spacial score (nSPS) is 23.5. The van der Waals surface area contributed by atoms with Gasteiger partial charge in [-0.2, -0.15) is 0 Å². The molecule has 0 unspecified atom stereocenters. The van der Waals surface area contributed by atoms with Gasteiger partial charge in [-0.3, -0.25) is 9.69 Å². The van der Waals surface area contributed by atoms with Gasteiger partial charge in [-0.25, -0.2) is 0 Å². The van der Waals surface area contributed by atoms with Crippen molar-refractivity contribution in [2.45, 2.75) is 24.6 Å². The van der Waals surface area contributed by atoms with Gasteiger partial charge in [0.1, 0.15) is 12.1 Å². The molecule has 3 heteroatoms. The van der Waals surface area contributed by atoms with Gasteiger partial charge in [-0.05, 0) is 11.1 Å². The zero-order chi connectivity index (χ0) is 17.6. The van der Waals surface area contributed by atoms with E-state index in [1.165, 1.54) is 0 Å². The lowest BCUT2D eigenvalue weighted by Crippen LogP contribution is -2.51. The molecule has 0 radical (unpaired) electrons. The minimum absolute atomic E-state index is 0.113. The molecule has 1 heterocycles. The Morgan fingerprint density at radius 1 is 1.08 bits per heavy atom. The topological polar surface area (TPSA) is 29.5 Å². The molecule has 3 atom stereocenters. The Kier molecular flexibility index (Phi) is 5.33. The predicted molar refractivity (Wildman–Crippen MR) is 98.6 cm³/mol. The van der Waals surface area contributed by atoms with E-state index in [1.807, 2.05) is 48.5 Å². The van der Waals surface area contributed by atoms with Crippen LogP contribution in [0.2, 0.25) is 0 Å². The van der Waals surface area contributed by atoms with E-state index >= 15 is 0 Å². The molecule has 1 aliphatic heterocycles. The quantitative estimate of drug-likeness (QED) is 0.473. The summed E-state index contributed by atoms with van der Waals surface area (Å²) in [6.07, 6.45) is 7.24. The maximum absolute atomic E-state index is 12.6. The van der Waals surface area contributed by atoms with Gasteiger partial charge in [0.2, 0.25) is 0 Å². The Labute approximate surface area is 148 Å². The highest BCUT2D eigenvalue weighted by Gasteiger charge is 2.44. The largest absolute Gasteiger partial charge is 0.454 e. The van der Waals surface area contributed by atoms with Gasteiger partial charge in [0.25, 0.3) is 0 Å². The van der Waals surface area contributed by atoms with Gasteiger partial charge in [0.05, 0.1) is 6.04 Å². The summed E-state index contributed by atoms with van der Waals surface area (Å²) in [6.45, 7) is 4.41. The summed E-state index contributed by atoms with van der Waals surface area (Å²) in [6, 6.07) is 19.3. The van der Waals surface area contributed by atoms with Crippen LogP contribution in [0.25, 0.3) is 0 Å². The third-order valence-electron chi connectivity index (χ3n) is 4.48. The first kappa shape index (κ1) is 17.0. The average molecular weight is 331 g/mol. The Morgan fingerprint density at radius 3 is 2.24 bits per heavy atom. The molecule has 1 aliphatic rings. The van der Waals surface area contributed by atoms with Crippen molar-refractivity contribution in [2.24, 2.45) is 0 Å². The molecule has 0 aliphatic carbocycles. The Morgan fingerprint density at radius 2 is 1.68 bits per heavy atom. The fourth-order valence-electron chi connectivity index (χ4n) is 3.38. The summed E-state index contributed by atoms with van der Waals surface area (Å²) in [4.78, 5) is 14.7. The number of terminal acetylenes is 1. The van der Waals surface area contributed by atoms with E-state index in [0.717, 1.165) is 11.1 Å². The predicted octanol–water partition coefficient (Wildman–Crippen LogP) is 3.91. The fourth-order valence-corrected chi connectivity index (χ4v) is 3.38. The number of hydrogen-bond donors (Lipinski definition) is 0. The number of esters is 1. The Balaban J connectivity index is 2.09. The van der Waals surface area contributed by atoms with E-state index in [4.69, 9.17) is 11.2 Å². The molecule has 0 spiro atoms. The van der Waals surface area contributed by atoms with Crippen molar-refractivity contribution in [1.29, 1.82) is 0 Å². The minimum atomic E-state index is -0.465. The van der Waals surface area contributed by atoms with E-state index in [1.54, 1.807) is 6.08 Å². The molecule has 25 heavy (non-hydrogen) atoms. The molecule has 0 amide bonds. The van der Waals surface area contributed by atoms with Crippen molar-refractivity contribution in [3.05, 3.63) is 84.4 Å². The smallest absolute Gasteiger partial charge is 0.325 e. The van der Waals surface area contributed by atoms with Crippen molar-refractivity contribution >= 4 is 5.97 Å². The molecule has 3 nitrogen and oxygen atoms in total. The van der Waals surface area contributed by atoms with E-state index in [2.05, 4.69) is 29.5 Å². The molecule has 2 aromatic rings. The maximum Gasteiger partial charge on any atom is 0.325 e. The van der Waals surface area contributed by atoms with Gasteiger partial charge < -0.3 is 4.74 Å². The van der Waals surface area contributed by atoms with Crippen LogP contribution in [-0.4, -0.2) is 23.5 Å². The summed E-state index contributed by atoms with van der Waals surface area (Å²) in [7, 11) is 0. The van der Waals surface area contributed by atoms with E-state index < -0.39 is 6.04 Å². The second-order valence-electron chi connectivity index (χ2n) is 6.03. The van der Waals surface area contributed by atoms with Crippen LogP contribution in [0.3, 0.4) is 0 Å². The van der Waals surface area contributed by atoms with E-state index in [0.29, 0.717) is 13.0 Å². The van der Waals surface area contributed by atoms with Crippen molar-refractivity contribution in [2.75, 3.05) is 6.54 Å². The molecule has 0 saturated carbocycles. The fraction of sp³-hybridized carbons (Fsp3) is 0.227. The van der Waals surface area contributed by atoms with Crippen molar-refractivity contribution in [3.63, 3.8) is 0 Å². The van der Waals surface area contributed by atoms with Crippen LogP contribution in [0.15, 0.2) is 73.3 Å². The van der Waals surface area contributed by atoms with Gasteiger partial charge in [-0.1, -0.05) is 66.7 Å². The van der Waals surface area contributed by atoms with E-state index in [9.17, 15) is 4.79 Å².